The van der Waals surface area contributed by atoms with E-state index in [-0.39, 0.29) is 18.2 Å². The van der Waals surface area contributed by atoms with E-state index in [1.807, 2.05) is 78.9 Å². The first-order valence-corrected chi connectivity index (χ1v) is 12.2. The summed E-state index contributed by atoms with van der Waals surface area (Å²) >= 11 is 0. The number of nitrogens with one attached hydrogen (secondary N) is 1. The van der Waals surface area contributed by atoms with Crippen LogP contribution in [-0.4, -0.2) is 40.9 Å². The SMILES string of the molecule is CC(C)Cc1nn(C(=O)Cc2ccccc2)c(=O)n1Cc1ccc(-c2ccccc2-c2nn[nH]n2)cc1. The molecule has 0 bridgehead atoms. The Morgan fingerprint density at radius 2 is 1.59 bits per heavy atom. The molecule has 0 fully saturated rings. The quantitative estimate of drug-likeness (QED) is 0.349. The highest BCUT2D eigenvalue weighted by atomic mass is 16.2. The summed E-state index contributed by atoms with van der Waals surface area (Å²) in [6.45, 7) is 4.46. The molecule has 0 aliphatic heterocycles. The number of tetrazole rings is 1. The molecule has 0 unspecified atom stereocenters. The van der Waals surface area contributed by atoms with Crippen LogP contribution in [0.25, 0.3) is 22.5 Å². The van der Waals surface area contributed by atoms with Crippen molar-refractivity contribution in [2.75, 3.05) is 0 Å². The number of rotatable bonds is 8. The van der Waals surface area contributed by atoms with Crippen LogP contribution in [-0.2, 0) is 19.4 Å². The van der Waals surface area contributed by atoms with E-state index in [4.69, 9.17) is 0 Å². The van der Waals surface area contributed by atoms with E-state index in [1.165, 1.54) is 0 Å². The van der Waals surface area contributed by atoms with E-state index in [2.05, 4.69) is 39.6 Å². The van der Waals surface area contributed by atoms with E-state index < -0.39 is 5.69 Å². The lowest BCUT2D eigenvalue weighted by molar-refractivity contribution is 0.0892. The number of H-pyrrole nitrogens is 1. The van der Waals surface area contributed by atoms with Gasteiger partial charge in [-0.2, -0.15) is 5.21 Å². The molecule has 9 nitrogen and oxygen atoms in total. The van der Waals surface area contributed by atoms with Gasteiger partial charge in [-0.05, 0) is 33.4 Å². The number of carbonyl (C=O) groups is 1. The zero-order chi connectivity index (χ0) is 25.8. The maximum atomic E-state index is 13.3. The summed E-state index contributed by atoms with van der Waals surface area (Å²) < 4.78 is 2.62. The third-order valence-corrected chi connectivity index (χ3v) is 6.08. The molecule has 5 rings (SSSR count). The highest BCUT2D eigenvalue weighted by Crippen LogP contribution is 2.29. The number of benzene rings is 3. The second kappa shape index (κ2) is 10.5. The fraction of sp³-hybridized carbons (Fsp3) is 0.214. The van der Waals surface area contributed by atoms with Crippen LogP contribution in [0.15, 0.2) is 83.7 Å². The number of hydrogen-bond acceptors (Lipinski definition) is 6. The Hall–Kier alpha value is -4.66. The van der Waals surface area contributed by atoms with Crippen molar-refractivity contribution in [2.24, 2.45) is 5.92 Å². The van der Waals surface area contributed by atoms with Crippen LogP contribution >= 0.6 is 0 Å². The first-order valence-electron chi connectivity index (χ1n) is 12.2. The number of nitrogens with zero attached hydrogens (tertiary/aromatic N) is 6. The van der Waals surface area contributed by atoms with Crippen LogP contribution in [0, 0.1) is 5.92 Å². The van der Waals surface area contributed by atoms with Crippen LogP contribution in [0.5, 0.6) is 0 Å². The van der Waals surface area contributed by atoms with Crippen molar-refractivity contribution < 1.29 is 4.79 Å². The number of aromatic nitrogens is 7. The van der Waals surface area contributed by atoms with Gasteiger partial charge < -0.3 is 0 Å². The lowest BCUT2D eigenvalue weighted by Gasteiger charge is -2.10. The molecule has 186 valence electrons. The summed E-state index contributed by atoms with van der Waals surface area (Å²) in [5, 5.41) is 18.8. The minimum Gasteiger partial charge on any atom is -0.274 e. The van der Waals surface area contributed by atoms with Crippen molar-refractivity contribution in [3.8, 4) is 22.5 Å². The molecule has 0 aliphatic rings. The van der Waals surface area contributed by atoms with Crippen molar-refractivity contribution in [1.29, 1.82) is 0 Å². The molecule has 0 aliphatic carbocycles. The van der Waals surface area contributed by atoms with Gasteiger partial charge in [0.1, 0.15) is 5.82 Å². The summed E-state index contributed by atoms with van der Waals surface area (Å²) in [4.78, 5) is 26.2. The highest BCUT2D eigenvalue weighted by Gasteiger charge is 2.20. The molecule has 0 amide bonds. The third kappa shape index (κ3) is 5.30. The average molecular weight is 494 g/mol. The monoisotopic (exact) mass is 493 g/mol. The highest BCUT2D eigenvalue weighted by molar-refractivity contribution is 5.81. The van der Waals surface area contributed by atoms with Crippen molar-refractivity contribution in [3.63, 3.8) is 0 Å². The van der Waals surface area contributed by atoms with Gasteiger partial charge in [-0.15, -0.1) is 20.0 Å². The largest absolute Gasteiger partial charge is 0.353 e. The lowest BCUT2D eigenvalue weighted by atomic mass is 9.98. The van der Waals surface area contributed by atoms with E-state index >= 15 is 0 Å². The smallest absolute Gasteiger partial charge is 0.274 e. The van der Waals surface area contributed by atoms with Gasteiger partial charge in [0.05, 0.1) is 13.0 Å². The van der Waals surface area contributed by atoms with Gasteiger partial charge in [-0.1, -0.05) is 92.7 Å². The molecule has 0 radical (unpaired) electrons. The van der Waals surface area contributed by atoms with Gasteiger partial charge in [-0.3, -0.25) is 9.36 Å². The number of hydrogen-bond donors (Lipinski definition) is 1. The van der Waals surface area contributed by atoms with Crippen molar-refractivity contribution in [3.05, 3.63) is 106 Å². The van der Waals surface area contributed by atoms with E-state index in [1.54, 1.807) is 4.57 Å². The maximum Gasteiger partial charge on any atom is 0.353 e. The normalized spacial score (nSPS) is 11.2. The lowest BCUT2D eigenvalue weighted by Crippen LogP contribution is -2.31. The Bertz CT molecular complexity index is 1550. The number of carbonyl (C=O) groups excluding carboxylic acids is 1. The molecule has 37 heavy (non-hydrogen) atoms. The number of aromatic amines is 1. The topological polar surface area (TPSA) is 111 Å². The predicted molar refractivity (Wildman–Crippen MR) is 140 cm³/mol. The average Bonchev–Trinajstić information content (AvgIpc) is 3.54. The summed E-state index contributed by atoms with van der Waals surface area (Å²) in [5.74, 6) is 1.07. The Balaban J connectivity index is 1.42. The Kier molecular flexibility index (Phi) is 6.85. The first-order chi connectivity index (χ1) is 18.0. The van der Waals surface area contributed by atoms with E-state index in [9.17, 15) is 9.59 Å². The van der Waals surface area contributed by atoms with Gasteiger partial charge in [0.25, 0.3) is 5.91 Å². The van der Waals surface area contributed by atoms with Crippen molar-refractivity contribution in [2.45, 2.75) is 33.2 Å². The molecule has 0 atom stereocenters. The van der Waals surface area contributed by atoms with Crippen LogP contribution in [0.1, 0.15) is 35.6 Å². The second-order valence-corrected chi connectivity index (χ2v) is 9.33. The van der Waals surface area contributed by atoms with Crippen LogP contribution in [0.2, 0.25) is 0 Å². The predicted octanol–water partition coefficient (Wildman–Crippen LogP) is 4.02. The maximum absolute atomic E-state index is 13.3. The first kappa shape index (κ1) is 24.1. The minimum absolute atomic E-state index is 0.118. The van der Waals surface area contributed by atoms with Crippen molar-refractivity contribution >= 4 is 5.91 Å². The van der Waals surface area contributed by atoms with Gasteiger partial charge in [0, 0.05) is 12.0 Å². The zero-order valence-electron chi connectivity index (χ0n) is 20.7. The molecular weight excluding hydrogens is 466 g/mol. The Morgan fingerprint density at radius 3 is 2.27 bits per heavy atom. The molecule has 0 saturated carbocycles. The molecule has 1 N–H and O–H groups in total. The van der Waals surface area contributed by atoms with E-state index in [0.29, 0.717) is 24.6 Å². The molecule has 2 heterocycles. The van der Waals surface area contributed by atoms with Crippen molar-refractivity contribution in [1.82, 2.24) is 35.0 Å². The standard InChI is InChI=1S/C28H27N7O2/c1-19(2)16-25-31-35(26(36)17-20-8-4-3-5-9-20)28(37)34(25)18-21-12-14-22(15-13-21)23-10-6-7-11-24(23)27-29-32-33-30-27/h3-15,19H,16-18H2,1-2H3,(H,29,30,32,33). The molecule has 2 aromatic heterocycles. The molecular formula is C28H27N7O2. The van der Waals surface area contributed by atoms with Crippen LogP contribution in [0.4, 0.5) is 0 Å². The van der Waals surface area contributed by atoms with E-state index in [0.717, 1.165) is 32.5 Å². The molecule has 0 spiro atoms. The summed E-state index contributed by atoms with van der Waals surface area (Å²) in [6, 6.07) is 25.2. The molecule has 9 heteroatoms. The molecule has 3 aromatic carbocycles. The third-order valence-electron chi connectivity index (χ3n) is 6.08. The van der Waals surface area contributed by atoms with Crippen LogP contribution < -0.4 is 5.69 Å². The molecule has 0 saturated heterocycles. The van der Waals surface area contributed by atoms with Gasteiger partial charge in [-0.25, -0.2) is 4.79 Å². The van der Waals surface area contributed by atoms with Gasteiger partial charge >= 0.3 is 5.69 Å². The summed E-state index contributed by atoms with van der Waals surface area (Å²) in [5.41, 5.74) is 4.21. The van der Waals surface area contributed by atoms with Gasteiger partial charge in [0.2, 0.25) is 5.82 Å². The summed E-state index contributed by atoms with van der Waals surface area (Å²) in [7, 11) is 0. The van der Waals surface area contributed by atoms with Crippen LogP contribution in [0.3, 0.4) is 0 Å². The summed E-state index contributed by atoms with van der Waals surface area (Å²) in [6.07, 6.45) is 0.713. The second-order valence-electron chi connectivity index (χ2n) is 9.33. The fourth-order valence-electron chi connectivity index (χ4n) is 4.30. The Labute approximate surface area is 213 Å². The fourth-order valence-corrected chi connectivity index (χ4v) is 4.30. The Morgan fingerprint density at radius 1 is 0.892 bits per heavy atom. The minimum atomic E-state index is -0.414. The molecule has 5 aromatic rings. The van der Waals surface area contributed by atoms with Gasteiger partial charge in [0.15, 0.2) is 0 Å². The zero-order valence-corrected chi connectivity index (χ0v) is 20.7.